The fourth-order valence-electron chi connectivity index (χ4n) is 8.82. The smallest absolute Gasteiger partial charge is 0.129 e. The zero-order valence-electron chi connectivity index (χ0n) is 33.5. The number of rotatable bonds is 4. The van der Waals surface area contributed by atoms with Crippen molar-refractivity contribution in [1.82, 2.24) is 19.9 Å². The van der Waals surface area contributed by atoms with Gasteiger partial charge in [0.1, 0.15) is 69.2 Å². The first-order valence-corrected chi connectivity index (χ1v) is 19.6. The van der Waals surface area contributed by atoms with Crippen molar-refractivity contribution >= 4 is 0 Å². The van der Waals surface area contributed by atoms with Gasteiger partial charge < -0.3 is 19.9 Å². The van der Waals surface area contributed by atoms with Crippen LogP contribution in [0.2, 0.25) is 0 Å². The maximum Gasteiger partial charge on any atom is 0.129 e. The minimum Gasteiger partial charge on any atom is -0.327 e. The van der Waals surface area contributed by atoms with Crippen molar-refractivity contribution in [2.75, 3.05) is 0 Å². The van der Waals surface area contributed by atoms with Crippen LogP contribution < -0.4 is 0 Å². The molecule has 0 saturated carbocycles. The molecule has 272 valence electrons. The molecular formula is C52H48N4+4. The zero-order chi connectivity index (χ0) is 38.8. The van der Waals surface area contributed by atoms with Crippen LogP contribution in [0.4, 0.5) is 0 Å². The first kappa shape index (κ1) is 35.2. The zero-order valence-corrected chi connectivity index (χ0v) is 33.5. The molecule has 1 aliphatic rings. The van der Waals surface area contributed by atoms with Crippen molar-refractivity contribution in [2.45, 2.75) is 55.4 Å². The molecule has 0 amide bonds. The van der Waals surface area contributed by atoms with Crippen molar-refractivity contribution < 1.29 is 0 Å². The topological polar surface area (TPSA) is 63.2 Å². The number of aromatic amines is 4. The predicted octanol–water partition coefficient (Wildman–Crippen LogP) is 11.9. The van der Waals surface area contributed by atoms with Gasteiger partial charge in [-0.3, -0.25) is 0 Å². The van der Waals surface area contributed by atoms with Crippen LogP contribution in [0.3, 0.4) is 0 Å². The van der Waals surface area contributed by atoms with Gasteiger partial charge in [-0.05, 0) is 128 Å². The molecule has 0 spiro atoms. The molecule has 0 radical (unpaired) electrons. The second-order valence-electron chi connectivity index (χ2n) is 15.5. The molecule has 8 aromatic rings. The van der Waals surface area contributed by atoms with Crippen molar-refractivity contribution in [1.29, 1.82) is 0 Å². The number of benzene rings is 4. The Morgan fingerprint density at radius 3 is 0.518 bits per heavy atom. The number of nitrogens with one attached hydrogen (secondary N) is 4. The Balaban J connectivity index is 1.43. The van der Waals surface area contributed by atoms with Gasteiger partial charge in [0.15, 0.2) is 0 Å². The third kappa shape index (κ3) is 5.43. The maximum absolute atomic E-state index is 4.09. The first-order valence-electron chi connectivity index (χ1n) is 19.6. The number of H-pyrrole nitrogens is 4. The standard InChI is InChI=1S/C52H48N4/c1-29-30(2)46-42(38-23-15-10-16-24-38)48-33(5)34(6)50(55-48)44(40-27-19-12-20-28-40)52-36(8)35(7)51(56-52)43(39-25-17-11-18-26-39)49-32(4)31(3)47(54-49)41(45(29)53-46)37-21-13-9-14-22-37/h9-28,53-56H,1-8H3/q+4. The average molecular weight is 729 g/mol. The lowest BCUT2D eigenvalue weighted by molar-refractivity contribution is 0.991. The second-order valence-corrected chi connectivity index (χ2v) is 15.5. The summed E-state index contributed by atoms with van der Waals surface area (Å²) >= 11 is 0. The van der Waals surface area contributed by atoms with Crippen LogP contribution >= 0.6 is 0 Å². The number of fused-ring (bicyclic) bond motifs is 8. The van der Waals surface area contributed by atoms with E-state index in [0.717, 1.165) is 91.5 Å². The highest BCUT2D eigenvalue weighted by atomic mass is 14.9. The van der Waals surface area contributed by atoms with E-state index in [1.807, 2.05) is 0 Å². The molecule has 0 saturated heterocycles. The molecule has 5 heterocycles. The quantitative estimate of drug-likeness (QED) is 0.130. The van der Waals surface area contributed by atoms with Crippen molar-refractivity contribution in [3.05, 3.63) is 257 Å². The highest BCUT2D eigenvalue weighted by Crippen LogP contribution is 2.46. The lowest BCUT2D eigenvalue weighted by Crippen LogP contribution is -2.13. The summed E-state index contributed by atoms with van der Waals surface area (Å²) in [5, 5.41) is 0. The van der Waals surface area contributed by atoms with E-state index in [9.17, 15) is 0 Å². The average Bonchev–Trinajstić information content (AvgIpc) is 3.89. The van der Waals surface area contributed by atoms with E-state index in [0.29, 0.717) is 0 Å². The summed E-state index contributed by atoms with van der Waals surface area (Å²) in [6, 6.07) is 43.4. The molecule has 4 aromatic heterocycles. The van der Waals surface area contributed by atoms with Gasteiger partial charge in [0.2, 0.25) is 0 Å². The summed E-state index contributed by atoms with van der Waals surface area (Å²) in [6.07, 6.45) is 0. The summed E-state index contributed by atoms with van der Waals surface area (Å²) in [4.78, 5) is 16.4. The Hall–Kier alpha value is -6.52. The summed E-state index contributed by atoms with van der Waals surface area (Å²) < 4.78 is 0. The molecule has 1 aliphatic heterocycles. The molecule has 0 atom stereocenters. The fourth-order valence-corrected chi connectivity index (χ4v) is 8.82. The van der Waals surface area contributed by atoms with Gasteiger partial charge in [-0.15, -0.1) is 0 Å². The largest absolute Gasteiger partial charge is 0.327 e. The van der Waals surface area contributed by atoms with E-state index in [4.69, 9.17) is 0 Å². The van der Waals surface area contributed by atoms with Crippen LogP contribution in [0.5, 0.6) is 0 Å². The van der Waals surface area contributed by atoms with E-state index >= 15 is 0 Å². The number of hydrogen-bond donors (Lipinski definition) is 4. The number of aromatic nitrogens is 4. The van der Waals surface area contributed by atoms with Crippen LogP contribution in [-0.2, 0) is 0 Å². The SMILES string of the molecule is Cc1c2[nH]c(c1C)[C+](c1ccccc1)c1[nH]c(c(C)c1C)[C+](c1ccccc1)c1[nH]c(c(C)c1C)[C+](c1ccccc1)c1[nH]c(c(C)c1C)[C+]2c1ccccc1. The molecule has 0 unspecified atom stereocenters. The van der Waals surface area contributed by atoms with Gasteiger partial charge in [-0.25, -0.2) is 0 Å². The fraction of sp³-hybridized carbons (Fsp3) is 0.154. The summed E-state index contributed by atoms with van der Waals surface area (Å²) in [6.45, 7) is 18.1. The molecule has 0 fully saturated rings. The molecule has 0 aliphatic carbocycles. The van der Waals surface area contributed by atoms with Gasteiger partial charge in [0, 0.05) is 48.5 Å². The summed E-state index contributed by atoms with van der Waals surface area (Å²) in [5.41, 5.74) is 23.4. The van der Waals surface area contributed by atoms with E-state index in [2.05, 4.69) is 197 Å². The maximum atomic E-state index is 4.09. The van der Waals surface area contributed by atoms with E-state index in [1.54, 1.807) is 0 Å². The Kier molecular flexibility index (Phi) is 8.58. The second kappa shape index (κ2) is 13.6. The van der Waals surface area contributed by atoms with Gasteiger partial charge >= 0.3 is 0 Å². The number of hydrogen-bond acceptors (Lipinski definition) is 0. The van der Waals surface area contributed by atoms with Crippen molar-refractivity contribution in [2.24, 2.45) is 0 Å². The monoisotopic (exact) mass is 728 g/mol. The first-order chi connectivity index (χ1) is 27.2. The van der Waals surface area contributed by atoms with E-state index in [1.165, 1.54) is 44.5 Å². The third-order valence-electron chi connectivity index (χ3n) is 12.5. The van der Waals surface area contributed by atoms with Crippen LogP contribution in [-0.4, -0.2) is 19.9 Å². The molecule has 4 nitrogen and oxygen atoms in total. The molecule has 9 rings (SSSR count). The third-order valence-corrected chi connectivity index (χ3v) is 12.5. The Morgan fingerprint density at radius 2 is 0.375 bits per heavy atom. The lowest BCUT2D eigenvalue weighted by Gasteiger charge is -2.14. The molecule has 4 heteroatoms. The Bertz CT molecular complexity index is 2190. The summed E-state index contributed by atoms with van der Waals surface area (Å²) in [7, 11) is 0. The van der Waals surface area contributed by atoms with Crippen LogP contribution in [0, 0.1) is 79.1 Å². The van der Waals surface area contributed by atoms with Crippen molar-refractivity contribution in [3.63, 3.8) is 0 Å². The van der Waals surface area contributed by atoms with E-state index < -0.39 is 0 Å². The molecular weight excluding hydrogens is 681 g/mol. The molecule has 4 aromatic carbocycles. The lowest BCUT2D eigenvalue weighted by atomic mass is 9.86. The van der Waals surface area contributed by atoms with Gasteiger partial charge in [0.05, 0.1) is 66.8 Å². The highest BCUT2D eigenvalue weighted by molar-refractivity contribution is 5.71. The highest BCUT2D eigenvalue weighted by Gasteiger charge is 2.44. The van der Waals surface area contributed by atoms with Crippen LogP contribution in [0.25, 0.3) is 0 Å². The van der Waals surface area contributed by atoms with Gasteiger partial charge in [0.25, 0.3) is 0 Å². The van der Waals surface area contributed by atoms with Crippen LogP contribution in [0.1, 0.15) is 112 Å². The predicted molar refractivity (Wildman–Crippen MR) is 229 cm³/mol. The summed E-state index contributed by atoms with van der Waals surface area (Å²) in [5.74, 6) is 4.65. The van der Waals surface area contributed by atoms with Gasteiger partial charge in [-0.2, -0.15) is 0 Å². The minimum absolute atomic E-state index is 1.12. The minimum atomic E-state index is 1.12. The van der Waals surface area contributed by atoms with Crippen LogP contribution in [0.15, 0.2) is 121 Å². The van der Waals surface area contributed by atoms with Gasteiger partial charge in [-0.1, -0.05) is 0 Å². The van der Waals surface area contributed by atoms with Crippen molar-refractivity contribution in [3.8, 4) is 0 Å². The molecule has 8 bridgehead atoms. The Labute approximate surface area is 331 Å². The molecule has 4 N–H and O–H groups in total. The Morgan fingerprint density at radius 1 is 0.232 bits per heavy atom. The van der Waals surface area contributed by atoms with E-state index in [-0.39, 0.29) is 0 Å². The molecule has 56 heavy (non-hydrogen) atoms. The normalized spacial score (nSPS) is 12.9.